The third kappa shape index (κ3) is 2.58. The van der Waals surface area contributed by atoms with Crippen LogP contribution in [-0.4, -0.2) is 6.04 Å². The molecule has 1 saturated carbocycles. The smallest absolute Gasteiger partial charge is 0.00672 e. The van der Waals surface area contributed by atoms with Gasteiger partial charge in [0.15, 0.2) is 0 Å². The monoisotopic (exact) mass is 209 g/mol. The average molecular weight is 209 g/mol. The maximum absolute atomic E-state index is 6.12. The fraction of sp³-hybridized carbons (Fsp3) is 0.667. The number of nitrogens with two attached hydrogens (primary N) is 1. The molecule has 78 valence electrons. The van der Waals surface area contributed by atoms with Gasteiger partial charge in [0.2, 0.25) is 0 Å². The van der Waals surface area contributed by atoms with Crippen LogP contribution in [0.25, 0.3) is 0 Å². The molecule has 2 unspecified atom stereocenters. The molecule has 1 aromatic heterocycles. The van der Waals surface area contributed by atoms with Gasteiger partial charge in [-0.25, -0.2) is 0 Å². The molecule has 1 fully saturated rings. The third-order valence-electron chi connectivity index (χ3n) is 3.35. The van der Waals surface area contributed by atoms with Gasteiger partial charge in [0, 0.05) is 6.04 Å². The van der Waals surface area contributed by atoms with Gasteiger partial charge >= 0.3 is 0 Å². The van der Waals surface area contributed by atoms with Crippen molar-refractivity contribution in [3.05, 3.63) is 22.4 Å². The molecule has 1 aliphatic rings. The second-order valence-corrected chi connectivity index (χ2v) is 5.16. The highest BCUT2D eigenvalue weighted by Gasteiger charge is 2.21. The SMILES string of the molecule is NC1CCCCC1CCc1ccsc1. The summed E-state index contributed by atoms with van der Waals surface area (Å²) in [5, 5.41) is 4.42. The van der Waals surface area contributed by atoms with Crippen molar-refractivity contribution >= 4 is 11.3 Å². The molecule has 0 saturated heterocycles. The Hall–Kier alpha value is -0.340. The molecule has 0 amide bonds. The molecule has 14 heavy (non-hydrogen) atoms. The molecule has 0 bridgehead atoms. The molecule has 0 radical (unpaired) electrons. The Balaban J connectivity index is 1.79. The Morgan fingerprint density at radius 1 is 1.36 bits per heavy atom. The van der Waals surface area contributed by atoms with E-state index in [0.29, 0.717) is 6.04 Å². The molecule has 2 atom stereocenters. The van der Waals surface area contributed by atoms with Crippen LogP contribution in [0.15, 0.2) is 16.8 Å². The van der Waals surface area contributed by atoms with E-state index in [2.05, 4.69) is 16.8 Å². The normalized spacial score (nSPS) is 27.8. The molecule has 1 nitrogen and oxygen atoms in total. The van der Waals surface area contributed by atoms with E-state index in [9.17, 15) is 0 Å². The van der Waals surface area contributed by atoms with Crippen molar-refractivity contribution in [3.63, 3.8) is 0 Å². The lowest BCUT2D eigenvalue weighted by molar-refractivity contribution is 0.292. The first-order valence-electron chi connectivity index (χ1n) is 5.63. The minimum atomic E-state index is 0.474. The van der Waals surface area contributed by atoms with Gasteiger partial charge in [-0.15, -0.1) is 0 Å². The number of hydrogen-bond acceptors (Lipinski definition) is 2. The van der Waals surface area contributed by atoms with Crippen LogP contribution in [0.2, 0.25) is 0 Å². The molecular weight excluding hydrogens is 190 g/mol. The third-order valence-corrected chi connectivity index (χ3v) is 4.08. The zero-order valence-corrected chi connectivity index (χ0v) is 9.43. The van der Waals surface area contributed by atoms with Gasteiger partial charge < -0.3 is 5.73 Å². The number of aryl methyl sites for hydroxylation is 1. The van der Waals surface area contributed by atoms with Crippen LogP contribution in [-0.2, 0) is 6.42 Å². The standard InChI is InChI=1S/C12H19NS/c13-12-4-2-1-3-11(12)6-5-10-7-8-14-9-10/h7-9,11-12H,1-6,13H2. The zero-order valence-electron chi connectivity index (χ0n) is 8.61. The highest BCUT2D eigenvalue weighted by molar-refractivity contribution is 7.07. The molecule has 1 aromatic rings. The molecular formula is C12H19NS. The van der Waals surface area contributed by atoms with Crippen molar-refractivity contribution in [2.24, 2.45) is 11.7 Å². The summed E-state index contributed by atoms with van der Waals surface area (Å²) in [7, 11) is 0. The predicted molar refractivity (Wildman–Crippen MR) is 62.6 cm³/mol. The van der Waals surface area contributed by atoms with E-state index in [1.165, 1.54) is 44.1 Å². The maximum Gasteiger partial charge on any atom is 0.00672 e. The minimum absolute atomic E-state index is 0.474. The summed E-state index contributed by atoms with van der Waals surface area (Å²) in [6, 6.07) is 2.71. The second kappa shape index (κ2) is 4.94. The lowest BCUT2D eigenvalue weighted by Crippen LogP contribution is -2.33. The summed E-state index contributed by atoms with van der Waals surface area (Å²) in [4.78, 5) is 0. The van der Waals surface area contributed by atoms with Crippen molar-refractivity contribution in [3.8, 4) is 0 Å². The molecule has 0 spiro atoms. The largest absolute Gasteiger partial charge is 0.327 e. The van der Waals surface area contributed by atoms with Crippen molar-refractivity contribution < 1.29 is 0 Å². The molecule has 1 aliphatic carbocycles. The number of thiophene rings is 1. The van der Waals surface area contributed by atoms with Crippen molar-refractivity contribution in [2.45, 2.75) is 44.6 Å². The Morgan fingerprint density at radius 2 is 2.21 bits per heavy atom. The van der Waals surface area contributed by atoms with Gasteiger partial charge in [0.25, 0.3) is 0 Å². The summed E-state index contributed by atoms with van der Waals surface area (Å²) in [5.41, 5.74) is 7.61. The van der Waals surface area contributed by atoms with Crippen LogP contribution in [0, 0.1) is 5.92 Å². The summed E-state index contributed by atoms with van der Waals surface area (Å²) in [6.07, 6.45) is 7.84. The minimum Gasteiger partial charge on any atom is -0.327 e. The fourth-order valence-corrected chi connectivity index (χ4v) is 3.08. The Labute approximate surface area is 90.3 Å². The van der Waals surface area contributed by atoms with Gasteiger partial charge in [-0.1, -0.05) is 12.8 Å². The number of hydrogen-bond donors (Lipinski definition) is 1. The first-order valence-corrected chi connectivity index (χ1v) is 6.57. The van der Waals surface area contributed by atoms with E-state index in [-0.39, 0.29) is 0 Å². The van der Waals surface area contributed by atoms with E-state index < -0.39 is 0 Å². The van der Waals surface area contributed by atoms with Crippen molar-refractivity contribution in [1.82, 2.24) is 0 Å². The highest BCUT2D eigenvalue weighted by atomic mass is 32.1. The Morgan fingerprint density at radius 3 is 2.93 bits per heavy atom. The molecule has 0 aliphatic heterocycles. The summed E-state index contributed by atoms with van der Waals surface area (Å²) >= 11 is 1.80. The van der Waals surface area contributed by atoms with Crippen LogP contribution >= 0.6 is 11.3 Å². The van der Waals surface area contributed by atoms with E-state index in [1.807, 2.05) is 0 Å². The highest BCUT2D eigenvalue weighted by Crippen LogP contribution is 2.27. The molecule has 1 heterocycles. The van der Waals surface area contributed by atoms with Crippen LogP contribution in [0.1, 0.15) is 37.7 Å². The lowest BCUT2D eigenvalue weighted by Gasteiger charge is -2.28. The topological polar surface area (TPSA) is 26.0 Å². The van der Waals surface area contributed by atoms with Gasteiger partial charge in [0.05, 0.1) is 0 Å². The fourth-order valence-electron chi connectivity index (χ4n) is 2.38. The quantitative estimate of drug-likeness (QED) is 0.813. The summed E-state index contributed by atoms with van der Waals surface area (Å²) < 4.78 is 0. The summed E-state index contributed by atoms with van der Waals surface area (Å²) in [6.45, 7) is 0. The average Bonchev–Trinajstić information content (AvgIpc) is 2.69. The van der Waals surface area contributed by atoms with Crippen molar-refractivity contribution in [2.75, 3.05) is 0 Å². The Bertz CT molecular complexity index is 255. The summed E-state index contributed by atoms with van der Waals surface area (Å²) in [5.74, 6) is 0.781. The van der Waals surface area contributed by atoms with Gasteiger partial charge in [-0.3, -0.25) is 0 Å². The Kier molecular flexibility index (Phi) is 3.60. The van der Waals surface area contributed by atoms with Gasteiger partial charge in [0.1, 0.15) is 0 Å². The van der Waals surface area contributed by atoms with E-state index in [0.717, 1.165) is 5.92 Å². The van der Waals surface area contributed by atoms with Crippen molar-refractivity contribution in [1.29, 1.82) is 0 Å². The van der Waals surface area contributed by atoms with E-state index in [4.69, 9.17) is 5.73 Å². The van der Waals surface area contributed by atoms with Gasteiger partial charge in [-0.2, -0.15) is 11.3 Å². The zero-order chi connectivity index (χ0) is 9.80. The molecule has 2 rings (SSSR count). The predicted octanol–water partition coefficient (Wildman–Crippen LogP) is 3.20. The van der Waals surface area contributed by atoms with Crippen LogP contribution < -0.4 is 5.73 Å². The van der Waals surface area contributed by atoms with Gasteiger partial charge in [-0.05, 0) is 54.0 Å². The van der Waals surface area contributed by atoms with E-state index >= 15 is 0 Å². The van der Waals surface area contributed by atoms with Crippen LogP contribution in [0.4, 0.5) is 0 Å². The van der Waals surface area contributed by atoms with Crippen LogP contribution in [0.5, 0.6) is 0 Å². The molecule has 2 N–H and O–H groups in total. The first kappa shape index (κ1) is 10.2. The van der Waals surface area contributed by atoms with E-state index in [1.54, 1.807) is 11.3 Å². The van der Waals surface area contributed by atoms with Crippen LogP contribution in [0.3, 0.4) is 0 Å². The second-order valence-electron chi connectivity index (χ2n) is 4.38. The first-order chi connectivity index (χ1) is 6.86. The maximum atomic E-state index is 6.12. The number of rotatable bonds is 3. The molecule has 2 heteroatoms. The lowest BCUT2D eigenvalue weighted by atomic mass is 9.82. The molecule has 0 aromatic carbocycles.